The summed E-state index contributed by atoms with van der Waals surface area (Å²) in [7, 11) is -4.34. The van der Waals surface area contributed by atoms with Crippen LogP contribution in [0, 0.1) is 18.2 Å². The normalized spacial score (nSPS) is 15.6. The van der Waals surface area contributed by atoms with Crippen LogP contribution >= 0.6 is 11.6 Å². The summed E-state index contributed by atoms with van der Waals surface area (Å²) in [6.45, 7) is 6.28. The SMILES string of the molecule is CCNC(=O)NS(=O)(=O)c1cnn2c(Nc3cc(C)ccc3Cl)c(C(=O)N3CC4(C3)CN(c3ccc(F)cc3)C4)cnc12. The highest BCUT2D eigenvalue weighted by Crippen LogP contribution is 2.43. The summed E-state index contributed by atoms with van der Waals surface area (Å²) in [6.07, 6.45) is 2.37. The maximum atomic E-state index is 13.8. The van der Waals surface area contributed by atoms with E-state index in [1.165, 1.54) is 22.8 Å². The smallest absolute Gasteiger partial charge is 0.328 e. The number of fused-ring (bicyclic) bond motifs is 1. The highest BCUT2D eigenvalue weighted by atomic mass is 35.5. The van der Waals surface area contributed by atoms with Crippen LogP contribution < -0.4 is 20.3 Å². The van der Waals surface area contributed by atoms with Crippen LogP contribution in [0.25, 0.3) is 5.65 Å². The van der Waals surface area contributed by atoms with Crippen molar-refractivity contribution in [3.8, 4) is 0 Å². The van der Waals surface area contributed by atoms with Crippen molar-refractivity contribution in [1.29, 1.82) is 0 Å². The number of benzene rings is 2. The summed E-state index contributed by atoms with van der Waals surface area (Å²) < 4.78 is 42.5. The summed E-state index contributed by atoms with van der Waals surface area (Å²) in [6, 6.07) is 10.8. The van der Waals surface area contributed by atoms with Gasteiger partial charge >= 0.3 is 6.03 Å². The number of halogens is 2. The molecule has 2 aromatic heterocycles. The molecule has 2 aliphatic heterocycles. The fourth-order valence-electron chi connectivity index (χ4n) is 5.49. The molecule has 4 heterocycles. The van der Waals surface area contributed by atoms with E-state index in [1.54, 1.807) is 36.1 Å². The van der Waals surface area contributed by atoms with E-state index in [1.807, 2.05) is 17.7 Å². The summed E-state index contributed by atoms with van der Waals surface area (Å²) in [5.41, 5.74) is 2.33. The number of aryl methyl sites for hydroxylation is 1. The zero-order chi connectivity index (χ0) is 30.5. The van der Waals surface area contributed by atoms with Crippen molar-refractivity contribution in [2.75, 3.05) is 42.9 Å². The molecular weight excluding hydrogens is 599 g/mol. The van der Waals surface area contributed by atoms with E-state index in [4.69, 9.17) is 11.6 Å². The standard InChI is InChI=1S/C28H28ClFN8O4S/c1-3-31-27(40)35-43(41,42)23-12-33-38-24(34-22-10-17(2)4-9-21(22)29)20(11-32-25(23)38)26(39)37-15-28(16-37)13-36(14-28)19-7-5-18(30)6-8-19/h4-12,34H,3,13-16H2,1-2H3,(H2,31,35,40). The van der Waals surface area contributed by atoms with Crippen LogP contribution in [0.15, 0.2) is 59.8 Å². The lowest BCUT2D eigenvalue weighted by Gasteiger charge is -2.60. The van der Waals surface area contributed by atoms with Gasteiger partial charge in [-0.25, -0.2) is 27.3 Å². The minimum absolute atomic E-state index is 0.0628. The topological polar surface area (TPSA) is 141 Å². The third kappa shape index (κ3) is 5.31. The van der Waals surface area contributed by atoms with E-state index < -0.39 is 16.1 Å². The van der Waals surface area contributed by atoms with Gasteiger partial charge in [-0.3, -0.25) is 4.79 Å². The van der Waals surface area contributed by atoms with Gasteiger partial charge in [0.05, 0.1) is 16.9 Å². The molecule has 43 heavy (non-hydrogen) atoms. The fourth-order valence-corrected chi connectivity index (χ4v) is 6.64. The number of sulfonamides is 1. The van der Waals surface area contributed by atoms with Crippen molar-refractivity contribution in [2.24, 2.45) is 5.41 Å². The average Bonchev–Trinajstić information content (AvgIpc) is 3.36. The number of carbonyl (C=O) groups is 2. The van der Waals surface area contributed by atoms with Gasteiger partial charge in [0.25, 0.3) is 15.9 Å². The van der Waals surface area contributed by atoms with Crippen molar-refractivity contribution >= 4 is 56.4 Å². The highest BCUT2D eigenvalue weighted by Gasteiger charge is 2.53. The molecule has 15 heteroatoms. The number of aromatic nitrogens is 3. The Labute approximate surface area is 251 Å². The maximum absolute atomic E-state index is 13.8. The van der Waals surface area contributed by atoms with Crippen LogP contribution in [-0.2, 0) is 10.0 Å². The minimum Gasteiger partial charge on any atom is -0.370 e. The van der Waals surface area contributed by atoms with Crippen LogP contribution in [0.5, 0.6) is 0 Å². The Morgan fingerprint density at radius 3 is 2.49 bits per heavy atom. The predicted octanol–water partition coefficient (Wildman–Crippen LogP) is 3.54. The molecule has 2 aromatic carbocycles. The molecule has 4 aromatic rings. The van der Waals surface area contributed by atoms with Crippen LogP contribution in [-0.4, -0.2) is 72.6 Å². The summed E-state index contributed by atoms with van der Waals surface area (Å²) >= 11 is 6.45. The van der Waals surface area contributed by atoms with Gasteiger partial charge in [0, 0.05) is 50.0 Å². The molecule has 2 fully saturated rings. The van der Waals surface area contributed by atoms with Crippen molar-refractivity contribution in [2.45, 2.75) is 18.7 Å². The van der Waals surface area contributed by atoms with Gasteiger partial charge in [0.1, 0.15) is 17.2 Å². The van der Waals surface area contributed by atoms with Crippen LogP contribution in [0.4, 0.5) is 26.4 Å². The first-order valence-corrected chi connectivity index (χ1v) is 15.3. The quantitative estimate of drug-likeness (QED) is 0.283. The van der Waals surface area contributed by atoms with Gasteiger partial charge in [-0.05, 0) is 55.8 Å². The second-order valence-electron chi connectivity index (χ2n) is 10.8. The second-order valence-corrected chi connectivity index (χ2v) is 12.9. The predicted molar refractivity (Wildman–Crippen MR) is 159 cm³/mol. The number of urea groups is 1. The van der Waals surface area contributed by atoms with Gasteiger partial charge in [-0.1, -0.05) is 17.7 Å². The Hall–Kier alpha value is -4.43. The van der Waals surface area contributed by atoms with Gasteiger partial charge in [0.15, 0.2) is 10.5 Å². The Morgan fingerprint density at radius 1 is 1.07 bits per heavy atom. The minimum atomic E-state index is -4.34. The number of nitrogens with zero attached hydrogens (tertiary/aromatic N) is 5. The molecule has 12 nitrogen and oxygen atoms in total. The van der Waals surface area contributed by atoms with E-state index in [-0.39, 0.29) is 45.6 Å². The molecule has 1 spiro atoms. The third-order valence-electron chi connectivity index (χ3n) is 7.54. The van der Waals surface area contributed by atoms with E-state index in [0.29, 0.717) is 23.8 Å². The Kier molecular flexibility index (Phi) is 7.13. The Morgan fingerprint density at radius 2 is 1.79 bits per heavy atom. The van der Waals surface area contributed by atoms with Gasteiger partial charge < -0.3 is 20.4 Å². The lowest BCUT2D eigenvalue weighted by molar-refractivity contribution is -0.0104. The van der Waals surface area contributed by atoms with Crippen molar-refractivity contribution in [1.82, 2.24) is 29.5 Å². The maximum Gasteiger partial charge on any atom is 0.328 e. The molecular formula is C28H28ClFN8O4S. The summed E-state index contributed by atoms with van der Waals surface area (Å²) in [4.78, 5) is 33.6. The molecule has 0 aliphatic carbocycles. The zero-order valence-electron chi connectivity index (χ0n) is 23.3. The number of likely N-dealkylation sites (tertiary alicyclic amines) is 1. The molecule has 3 amide bonds. The van der Waals surface area contributed by atoms with E-state index >= 15 is 0 Å². The number of rotatable bonds is 7. The van der Waals surface area contributed by atoms with Crippen LogP contribution in [0.1, 0.15) is 22.8 Å². The number of amides is 3. The average molecular weight is 627 g/mol. The second kappa shape index (κ2) is 10.7. The first-order valence-electron chi connectivity index (χ1n) is 13.5. The molecule has 3 N–H and O–H groups in total. The van der Waals surface area contributed by atoms with Gasteiger partial charge in [0.2, 0.25) is 0 Å². The largest absolute Gasteiger partial charge is 0.370 e. The van der Waals surface area contributed by atoms with Crippen molar-refractivity contribution < 1.29 is 22.4 Å². The molecule has 0 atom stereocenters. The number of nitrogens with one attached hydrogen (secondary N) is 3. The number of anilines is 3. The number of hydrogen-bond acceptors (Lipinski definition) is 8. The highest BCUT2D eigenvalue weighted by molar-refractivity contribution is 7.90. The molecule has 6 rings (SSSR count). The molecule has 0 radical (unpaired) electrons. The molecule has 2 aliphatic rings. The van der Waals surface area contributed by atoms with Crippen LogP contribution in [0.3, 0.4) is 0 Å². The summed E-state index contributed by atoms with van der Waals surface area (Å²) in [5, 5.41) is 10.2. The van der Waals surface area contributed by atoms with Crippen molar-refractivity contribution in [3.63, 3.8) is 0 Å². The monoisotopic (exact) mass is 626 g/mol. The molecule has 0 unspecified atom stereocenters. The number of hydrogen-bond donors (Lipinski definition) is 3. The molecule has 224 valence electrons. The van der Waals surface area contributed by atoms with Crippen molar-refractivity contribution in [3.05, 3.63) is 76.8 Å². The first kappa shape index (κ1) is 28.7. The first-order chi connectivity index (χ1) is 20.5. The van der Waals surface area contributed by atoms with Gasteiger partial charge in [-0.15, -0.1) is 0 Å². The molecule has 0 saturated carbocycles. The van der Waals surface area contributed by atoms with Crippen LogP contribution in [0.2, 0.25) is 5.02 Å². The van der Waals surface area contributed by atoms with Gasteiger partial charge in [-0.2, -0.15) is 9.61 Å². The zero-order valence-corrected chi connectivity index (χ0v) is 24.8. The Balaban J connectivity index is 1.30. The van der Waals surface area contributed by atoms with E-state index in [9.17, 15) is 22.4 Å². The van der Waals surface area contributed by atoms with E-state index in [2.05, 4.69) is 25.6 Å². The summed E-state index contributed by atoms with van der Waals surface area (Å²) in [5.74, 6) is -0.433. The Bertz CT molecular complexity index is 1850. The lowest BCUT2D eigenvalue weighted by atomic mass is 9.72. The lowest BCUT2D eigenvalue weighted by Crippen LogP contribution is -2.73. The fraction of sp³-hybridized carbons (Fsp3) is 0.286. The molecule has 2 saturated heterocycles. The third-order valence-corrected chi connectivity index (χ3v) is 9.19. The van der Waals surface area contributed by atoms with E-state index in [0.717, 1.165) is 30.5 Å². The molecule has 0 bridgehead atoms. The number of carbonyl (C=O) groups excluding carboxylic acids is 2.